The Morgan fingerprint density at radius 3 is 2.39 bits per heavy atom. The van der Waals surface area contributed by atoms with Crippen LogP contribution in [0.5, 0.6) is 0 Å². The van der Waals surface area contributed by atoms with E-state index in [2.05, 4.69) is 53.4 Å². The molecular weight excluding hydrogens is 542 g/mol. The number of benzene rings is 2. The smallest absolute Gasteiger partial charge is 0.256 e. The zero-order chi connectivity index (χ0) is 26.9. The lowest BCUT2D eigenvalue weighted by Gasteiger charge is -2.36. The second-order valence-corrected chi connectivity index (χ2v) is 12.3. The molecule has 1 atom stereocenters. The van der Waals surface area contributed by atoms with E-state index in [-0.39, 0.29) is 17.9 Å². The van der Waals surface area contributed by atoms with Gasteiger partial charge in [0, 0.05) is 60.5 Å². The maximum absolute atomic E-state index is 13.8. The fourth-order valence-electron chi connectivity index (χ4n) is 5.65. The molecule has 3 aromatic rings. The van der Waals surface area contributed by atoms with Crippen molar-refractivity contribution in [1.29, 1.82) is 0 Å². The number of nitrogens with zero attached hydrogens (tertiary/aromatic N) is 4. The van der Waals surface area contributed by atoms with Gasteiger partial charge in [0.05, 0.1) is 32.3 Å². The Hall–Kier alpha value is -2.97. The van der Waals surface area contributed by atoms with Crippen LogP contribution in [0.1, 0.15) is 52.8 Å². The number of rotatable bonds is 5. The van der Waals surface area contributed by atoms with Gasteiger partial charge in [-0.1, -0.05) is 40.2 Å². The normalized spacial score (nSPS) is 18.5. The molecule has 0 bridgehead atoms. The lowest BCUT2D eigenvalue weighted by atomic mass is 10.0. The van der Waals surface area contributed by atoms with E-state index < -0.39 is 0 Å². The molecule has 0 saturated carbocycles. The molecule has 2 saturated heterocycles. The number of carbonyl (C=O) groups is 2. The second-order valence-electron chi connectivity index (χ2n) is 11.4. The van der Waals surface area contributed by atoms with Gasteiger partial charge in [-0.15, -0.1) is 0 Å². The van der Waals surface area contributed by atoms with Gasteiger partial charge in [-0.25, -0.2) is 0 Å². The Morgan fingerprint density at radius 1 is 0.921 bits per heavy atom. The molecule has 2 aliphatic rings. The number of aromatic nitrogens is 1. The number of nitrogens with one attached hydrogen (secondary N) is 1. The summed E-state index contributed by atoms with van der Waals surface area (Å²) < 4.78 is 1.47. The monoisotopic (exact) mass is 578 g/mol. The molecular formula is C30H37BrN5O2+. The van der Waals surface area contributed by atoms with Gasteiger partial charge in [-0.2, -0.15) is 0 Å². The SMILES string of the molecule is C[N+](C)(C)c1cc(Br)cc(C(=O)N2CCCCC2)c1N[C@@H]1CCCN(C(=O)c2cncc3ccccc23)C1. The highest BCUT2D eigenvalue weighted by Crippen LogP contribution is 2.37. The third-order valence-corrected chi connectivity index (χ3v) is 8.09. The highest BCUT2D eigenvalue weighted by molar-refractivity contribution is 9.10. The lowest BCUT2D eigenvalue weighted by molar-refractivity contribution is 0.0708. The summed E-state index contributed by atoms with van der Waals surface area (Å²) in [6.07, 6.45) is 8.58. The minimum Gasteiger partial charge on any atom is -0.375 e. The van der Waals surface area contributed by atoms with E-state index in [1.807, 2.05) is 40.1 Å². The van der Waals surface area contributed by atoms with E-state index >= 15 is 0 Å². The molecule has 38 heavy (non-hydrogen) atoms. The maximum Gasteiger partial charge on any atom is 0.256 e. The van der Waals surface area contributed by atoms with E-state index in [0.29, 0.717) is 28.7 Å². The first-order chi connectivity index (χ1) is 18.2. The Balaban J connectivity index is 1.44. The van der Waals surface area contributed by atoms with E-state index in [1.165, 1.54) is 6.42 Å². The predicted octanol–water partition coefficient (Wildman–Crippen LogP) is 5.54. The quantitative estimate of drug-likeness (QED) is 0.404. The summed E-state index contributed by atoms with van der Waals surface area (Å²) in [5.74, 6) is 0.0850. The van der Waals surface area contributed by atoms with Crippen molar-refractivity contribution in [2.45, 2.75) is 38.1 Å². The van der Waals surface area contributed by atoms with Crippen LogP contribution in [-0.2, 0) is 0 Å². The average molecular weight is 580 g/mol. The number of anilines is 1. The number of carbonyl (C=O) groups excluding carboxylic acids is 2. The third kappa shape index (κ3) is 5.57. The van der Waals surface area contributed by atoms with Gasteiger partial charge in [0.15, 0.2) is 5.69 Å². The van der Waals surface area contributed by atoms with Crippen molar-refractivity contribution in [3.05, 3.63) is 64.4 Å². The van der Waals surface area contributed by atoms with Gasteiger partial charge in [0.2, 0.25) is 0 Å². The number of piperidine rings is 2. The Kier molecular flexibility index (Phi) is 7.73. The van der Waals surface area contributed by atoms with Crippen LogP contribution < -0.4 is 9.80 Å². The van der Waals surface area contributed by atoms with Gasteiger partial charge in [-0.05, 0) is 43.6 Å². The molecule has 1 aromatic heterocycles. The molecule has 200 valence electrons. The van der Waals surface area contributed by atoms with Gasteiger partial charge >= 0.3 is 0 Å². The van der Waals surface area contributed by atoms with Crippen LogP contribution in [-0.4, -0.2) is 80.0 Å². The van der Waals surface area contributed by atoms with E-state index in [4.69, 9.17) is 0 Å². The Bertz CT molecular complexity index is 1340. The first kappa shape index (κ1) is 26.6. The van der Waals surface area contributed by atoms with Crippen LogP contribution in [0.25, 0.3) is 10.8 Å². The summed E-state index contributed by atoms with van der Waals surface area (Å²) in [6.45, 7) is 2.89. The van der Waals surface area contributed by atoms with Crippen molar-refractivity contribution in [3.63, 3.8) is 0 Å². The Morgan fingerprint density at radius 2 is 1.63 bits per heavy atom. The maximum atomic E-state index is 13.8. The first-order valence-electron chi connectivity index (χ1n) is 13.6. The summed E-state index contributed by atoms with van der Waals surface area (Å²) in [7, 11) is 6.35. The third-order valence-electron chi connectivity index (χ3n) is 7.63. The van der Waals surface area contributed by atoms with Crippen molar-refractivity contribution in [2.24, 2.45) is 0 Å². The standard InChI is InChI=1S/C30H36BrN5O2/c1-36(2,3)27-17-22(31)16-25(29(37)34-13-7-4-8-14-34)28(27)33-23-11-9-15-35(20-23)30(38)26-19-32-18-21-10-5-6-12-24(21)26/h5-6,10,12,16-19,23H,4,7-9,11,13-15,20H2,1-3H3/p+1/t23-/m1/s1. The first-order valence-corrected chi connectivity index (χ1v) is 14.3. The van der Waals surface area contributed by atoms with Crippen molar-refractivity contribution >= 4 is 49.9 Å². The zero-order valence-electron chi connectivity index (χ0n) is 22.5. The molecule has 0 radical (unpaired) electrons. The molecule has 0 aliphatic carbocycles. The summed E-state index contributed by atoms with van der Waals surface area (Å²) in [6, 6.07) is 12.0. The van der Waals surface area contributed by atoms with Crippen LogP contribution in [0.3, 0.4) is 0 Å². The molecule has 7 nitrogen and oxygen atoms in total. The van der Waals surface area contributed by atoms with Crippen molar-refractivity contribution in [2.75, 3.05) is 52.6 Å². The molecule has 3 heterocycles. The molecule has 2 aliphatic heterocycles. The molecule has 0 spiro atoms. The van der Waals surface area contributed by atoms with Crippen LogP contribution in [0.4, 0.5) is 11.4 Å². The molecule has 2 fully saturated rings. The molecule has 8 heteroatoms. The van der Waals surface area contributed by atoms with Crippen molar-refractivity contribution < 1.29 is 9.59 Å². The number of hydrogen-bond donors (Lipinski definition) is 1. The molecule has 2 aromatic carbocycles. The number of fused-ring (bicyclic) bond motifs is 1. The number of amides is 2. The van der Waals surface area contributed by atoms with E-state index in [0.717, 1.165) is 65.4 Å². The number of quaternary nitrogens is 1. The predicted molar refractivity (Wildman–Crippen MR) is 158 cm³/mol. The van der Waals surface area contributed by atoms with Crippen molar-refractivity contribution in [3.8, 4) is 0 Å². The summed E-state index contributed by atoms with van der Waals surface area (Å²) >= 11 is 3.66. The summed E-state index contributed by atoms with van der Waals surface area (Å²) in [5.41, 5.74) is 3.26. The van der Waals surface area contributed by atoms with Crippen LogP contribution in [0, 0.1) is 0 Å². The van der Waals surface area contributed by atoms with Crippen LogP contribution in [0.15, 0.2) is 53.3 Å². The van der Waals surface area contributed by atoms with E-state index in [1.54, 1.807) is 12.4 Å². The van der Waals surface area contributed by atoms with Crippen LogP contribution in [0.2, 0.25) is 0 Å². The fraction of sp³-hybridized carbons (Fsp3) is 0.433. The average Bonchev–Trinajstić information content (AvgIpc) is 2.92. The number of hydrogen-bond acceptors (Lipinski definition) is 4. The topological polar surface area (TPSA) is 65.5 Å². The minimum atomic E-state index is 0.00745. The van der Waals surface area contributed by atoms with E-state index in [9.17, 15) is 9.59 Å². The number of halogens is 1. The molecule has 2 amide bonds. The van der Waals surface area contributed by atoms with Crippen molar-refractivity contribution in [1.82, 2.24) is 19.3 Å². The van der Waals surface area contributed by atoms with Gasteiger partial charge in [-0.3, -0.25) is 19.1 Å². The van der Waals surface area contributed by atoms with Gasteiger partial charge in [0.25, 0.3) is 11.8 Å². The zero-order valence-corrected chi connectivity index (χ0v) is 24.1. The number of likely N-dealkylation sites (tertiary alicyclic amines) is 2. The lowest BCUT2D eigenvalue weighted by Crippen LogP contribution is -2.46. The fourth-order valence-corrected chi connectivity index (χ4v) is 6.10. The Labute approximate surface area is 233 Å². The van der Waals surface area contributed by atoms with Gasteiger partial charge < -0.3 is 15.1 Å². The second kappa shape index (κ2) is 11.0. The summed E-state index contributed by atoms with van der Waals surface area (Å²) in [5, 5.41) is 5.65. The molecule has 0 unspecified atom stereocenters. The molecule has 5 rings (SSSR count). The minimum absolute atomic E-state index is 0.00745. The number of pyridine rings is 1. The summed E-state index contributed by atoms with van der Waals surface area (Å²) in [4.78, 5) is 35.7. The van der Waals surface area contributed by atoms with Crippen LogP contribution >= 0.6 is 15.9 Å². The van der Waals surface area contributed by atoms with Gasteiger partial charge in [0.1, 0.15) is 5.69 Å². The highest BCUT2D eigenvalue weighted by atomic mass is 79.9. The largest absolute Gasteiger partial charge is 0.375 e. The highest BCUT2D eigenvalue weighted by Gasteiger charge is 2.32. The molecule has 1 N–H and O–H groups in total.